The fraction of sp³-hybridized carbons (Fsp3) is 0.550. The highest BCUT2D eigenvalue weighted by Gasteiger charge is 2.22. The monoisotopic (exact) mass is 477 g/mol. The SMILES string of the molecule is CCCN(Cc1nnc(-c2cccs2)o1)C(=O)CSc1nnc(N2CCOCC2)n1CC. The number of carbonyl (C=O) groups is 1. The third kappa shape index (κ3) is 5.30. The standard InChI is InChI=1S/C20H27N7O3S2/c1-3-7-26(13-16-21-22-18(30-16)15-6-5-12-31-15)17(28)14-32-20-24-23-19(27(20)4-2)25-8-10-29-11-9-25/h5-6,12H,3-4,7-11,13-14H2,1-2H3. The fourth-order valence-electron chi connectivity index (χ4n) is 3.42. The van der Waals surface area contributed by atoms with E-state index in [9.17, 15) is 4.79 Å². The minimum atomic E-state index is 0.00583. The van der Waals surface area contributed by atoms with Gasteiger partial charge >= 0.3 is 0 Å². The fourth-order valence-corrected chi connectivity index (χ4v) is 4.97. The van der Waals surface area contributed by atoms with Crippen molar-refractivity contribution in [1.82, 2.24) is 29.9 Å². The van der Waals surface area contributed by atoms with Crippen molar-refractivity contribution in [2.75, 3.05) is 43.5 Å². The summed E-state index contributed by atoms with van der Waals surface area (Å²) in [6, 6.07) is 3.87. The Morgan fingerprint density at radius 2 is 2.06 bits per heavy atom. The first-order valence-corrected chi connectivity index (χ1v) is 12.6. The highest BCUT2D eigenvalue weighted by Crippen LogP contribution is 2.25. The van der Waals surface area contributed by atoms with Crippen LogP contribution >= 0.6 is 23.1 Å². The summed E-state index contributed by atoms with van der Waals surface area (Å²) in [4.78, 5) is 17.8. The van der Waals surface area contributed by atoms with Crippen molar-refractivity contribution in [3.63, 3.8) is 0 Å². The first kappa shape index (κ1) is 22.7. The first-order chi connectivity index (χ1) is 15.7. The van der Waals surface area contributed by atoms with Gasteiger partial charge in [-0.15, -0.1) is 31.7 Å². The molecule has 172 valence electrons. The minimum Gasteiger partial charge on any atom is -0.418 e. The number of carbonyl (C=O) groups excluding carboxylic acids is 1. The van der Waals surface area contributed by atoms with Crippen molar-refractivity contribution in [3.05, 3.63) is 23.4 Å². The highest BCUT2D eigenvalue weighted by atomic mass is 32.2. The van der Waals surface area contributed by atoms with Crippen molar-refractivity contribution < 1.29 is 13.9 Å². The number of thiophene rings is 1. The van der Waals surface area contributed by atoms with Gasteiger partial charge in [-0.25, -0.2) is 0 Å². The molecule has 1 aliphatic rings. The summed E-state index contributed by atoms with van der Waals surface area (Å²) >= 11 is 2.95. The van der Waals surface area contributed by atoms with Crippen LogP contribution in [0.25, 0.3) is 10.8 Å². The molecule has 12 heteroatoms. The number of nitrogens with zero attached hydrogens (tertiary/aromatic N) is 7. The molecule has 32 heavy (non-hydrogen) atoms. The molecule has 3 aromatic heterocycles. The molecule has 4 rings (SSSR count). The lowest BCUT2D eigenvalue weighted by Gasteiger charge is -2.27. The lowest BCUT2D eigenvalue weighted by Crippen LogP contribution is -2.38. The lowest BCUT2D eigenvalue weighted by molar-refractivity contribution is -0.129. The maximum Gasteiger partial charge on any atom is 0.257 e. The maximum atomic E-state index is 13.0. The summed E-state index contributed by atoms with van der Waals surface area (Å²) in [5.41, 5.74) is 0. The Hall–Kier alpha value is -2.44. The van der Waals surface area contributed by atoms with Crippen molar-refractivity contribution in [2.45, 2.75) is 38.5 Å². The number of ether oxygens (including phenoxy) is 1. The van der Waals surface area contributed by atoms with Crippen LogP contribution in [0, 0.1) is 0 Å². The Morgan fingerprint density at radius 3 is 2.78 bits per heavy atom. The predicted molar refractivity (Wildman–Crippen MR) is 123 cm³/mol. The Morgan fingerprint density at radius 1 is 1.22 bits per heavy atom. The largest absolute Gasteiger partial charge is 0.418 e. The van der Waals surface area contributed by atoms with Crippen LogP contribution in [0.5, 0.6) is 0 Å². The van der Waals surface area contributed by atoms with E-state index in [2.05, 4.69) is 36.8 Å². The molecule has 3 aromatic rings. The lowest BCUT2D eigenvalue weighted by atomic mass is 10.4. The molecule has 0 unspecified atom stereocenters. The summed E-state index contributed by atoms with van der Waals surface area (Å²) < 4.78 is 13.3. The van der Waals surface area contributed by atoms with E-state index in [1.54, 1.807) is 16.2 Å². The second-order valence-corrected chi connectivity index (χ2v) is 9.10. The van der Waals surface area contributed by atoms with Crippen molar-refractivity contribution in [1.29, 1.82) is 0 Å². The topological polar surface area (TPSA) is 102 Å². The second-order valence-electron chi connectivity index (χ2n) is 7.21. The van der Waals surface area contributed by atoms with Crippen LogP contribution < -0.4 is 4.90 Å². The Labute approximate surface area is 195 Å². The maximum absolute atomic E-state index is 13.0. The second kappa shape index (κ2) is 10.9. The summed E-state index contributed by atoms with van der Waals surface area (Å²) in [5, 5.41) is 19.7. The van der Waals surface area contributed by atoms with E-state index >= 15 is 0 Å². The Balaban J connectivity index is 1.38. The molecule has 10 nitrogen and oxygen atoms in total. The molecule has 1 aliphatic heterocycles. The molecule has 0 radical (unpaired) electrons. The summed E-state index contributed by atoms with van der Waals surface area (Å²) in [6.45, 7) is 8.72. The van der Waals surface area contributed by atoms with Crippen LogP contribution in [0.2, 0.25) is 0 Å². The van der Waals surface area contributed by atoms with E-state index < -0.39 is 0 Å². The predicted octanol–water partition coefficient (Wildman–Crippen LogP) is 2.78. The molecule has 0 N–H and O–H groups in total. The molecule has 0 saturated carbocycles. The van der Waals surface area contributed by atoms with Crippen LogP contribution in [0.3, 0.4) is 0 Å². The molecule has 0 bridgehead atoms. The number of amides is 1. The molecular formula is C20H27N7O3S2. The van der Waals surface area contributed by atoms with Gasteiger partial charge in [0.15, 0.2) is 5.16 Å². The average Bonchev–Trinajstić information content (AvgIpc) is 3.58. The summed E-state index contributed by atoms with van der Waals surface area (Å²) in [5.74, 6) is 2.04. The molecule has 4 heterocycles. The van der Waals surface area contributed by atoms with Gasteiger partial charge in [0.2, 0.25) is 17.7 Å². The third-order valence-electron chi connectivity index (χ3n) is 5.00. The van der Waals surface area contributed by atoms with Gasteiger partial charge in [-0.05, 0) is 24.8 Å². The molecule has 0 aromatic carbocycles. The van der Waals surface area contributed by atoms with E-state index in [0.29, 0.717) is 38.1 Å². The molecule has 1 saturated heterocycles. The molecular weight excluding hydrogens is 450 g/mol. The molecule has 1 amide bonds. The highest BCUT2D eigenvalue weighted by molar-refractivity contribution is 7.99. The van der Waals surface area contributed by atoms with Gasteiger partial charge in [0.1, 0.15) is 0 Å². The summed E-state index contributed by atoms with van der Waals surface area (Å²) in [6.07, 6.45) is 0.842. The van der Waals surface area contributed by atoms with Crippen LogP contribution in [0.15, 0.2) is 27.1 Å². The van der Waals surface area contributed by atoms with Crippen molar-refractivity contribution in [3.8, 4) is 10.8 Å². The normalized spacial score (nSPS) is 14.1. The minimum absolute atomic E-state index is 0.00583. The van der Waals surface area contributed by atoms with E-state index in [1.807, 2.05) is 24.4 Å². The van der Waals surface area contributed by atoms with Crippen LogP contribution in [0.1, 0.15) is 26.2 Å². The number of rotatable bonds is 10. The third-order valence-corrected chi connectivity index (χ3v) is 6.81. The van der Waals surface area contributed by atoms with Gasteiger partial charge in [-0.2, -0.15) is 0 Å². The summed E-state index contributed by atoms with van der Waals surface area (Å²) in [7, 11) is 0. The van der Waals surface area contributed by atoms with E-state index in [0.717, 1.165) is 42.0 Å². The number of hydrogen-bond acceptors (Lipinski definition) is 10. The first-order valence-electron chi connectivity index (χ1n) is 10.7. The van der Waals surface area contributed by atoms with Gasteiger partial charge < -0.3 is 19.0 Å². The zero-order chi connectivity index (χ0) is 22.3. The van der Waals surface area contributed by atoms with E-state index in [1.165, 1.54) is 11.8 Å². The Bertz CT molecular complexity index is 999. The van der Waals surface area contributed by atoms with Gasteiger partial charge in [-0.3, -0.25) is 9.36 Å². The van der Waals surface area contributed by atoms with Gasteiger partial charge in [0.25, 0.3) is 5.89 Å². The Kier molecular flexibility index (Phi) is 7.76. The average molecular weight is 478 g/mol. The molecule has 0 atom stereocenters. The molecule has 1 fully saturated rings. The number of thioether (sulfide) groups is 1. The van der Waals surface area contributed by atoms with Gasteiger partial charge in [0, 0.05) is 26.2 Å². The number of morpholine rings is 1. The molecule has 0 spiro atoms. The number of anilines is 1. The zero-order valence-corrected chi connectivity index (χ0v) is 19.9. The van der Waals surface area contributed by atoms with Crippen LogP contribution in [-0.2, 0) is 22.6 Å². The van der Waals surface area contributed by atoms with Crippen LogP contribution in [0.4, 0.5) is 5.95 Å². The van der Waals surface area contributed by atoms with Crippen molar-refractivity contribution >= 4 is 35.0 Å². The smallest absolute Gasteiger partial charge is 0.257 e. The van der Waals surface area contributed by atoms with E-state index in [-0.39, 0.29) is 11.7 Å². The van der Waals surface area contributed by atoms with Gasteiger partial charge in [-0.1, -0.05) is 24.8 Å². The molecule has 0 aliphatic carbocycles. The number of hydrogen-bond donors (Lipinski definition) is 0. The van der Waals surface area contributed by atoms with Crippen LogP contribution in [-0.4, -0.2) is 74.4 Å². The van der Waals surface area contributed by atoms with Crippen molar-refractivity contribution in [2.24, 2.45) is 0 Å². The quantitative estimate of drug-likeness (QED) is 0.408. The van der Waals surface area contributed by atoms with Gasteiger partial charge in [0.05, 0.1) is 30.4 Å². The zero-order valence-electron chi connectivity index (χ0n) is 18.3. The van der Waals surface area contributed by atoms with E-state index in [4.69, 9.17) is 9.15 Å². The number of aromatic nitrogens is 5.